The van der Waals surface area contributed by atoms with Crippen LogP contribution in [0, 0.1) is 5.92 Å². The van der Waals surface area contributed by atoms with Gasteiger partial charge in [0.1, 0.15) is 6.04 Å². The highest BCUT2D eigenvalue weighted by Crippen LogP contribution is 2.15. The second-order valence-electron chi connectivity index (χ2n) is 8.32. The molecule has 1 aromatic rings. The fourth-order valence-corrected chi connectivity index (χ4v) is 3.48. The number of halogens is 1. The minimum absolute atomic E-state index is 0.0232. The Morgan fingerprint density at radius 3 is 2.09 bits per heavy atom. The highest BCUT2D eigenvalue weighted by atomic mass is 35.5. The normalized spacial score (nSPS) is 14.6. The van der Waals surface area contributed by atoms with Crippen molar-refractivity contribution in [3.63, 3.8) is 0 Å². The number of carbonyl (C=O) groups excluding carboxylic acids is 4. The molecule has 0 radical (unpaired) electrons. The van der Waals surface area contributed by atoms with Crippen molar-refractivity contribution in [3.8, 4) is 0 Å². The van der Waals surface area contributed by atoms with Crippen molar-refractivity contribution < 1.29 is 19.2 Å². The van der Waals surface area contributed by atoms with Crippen LogP contribution in [0.25, 0.3) is 0 Å². The van der Waals surface area contributed by atoms with Crippen molar-refractivity contribution in [3.05, 3.63) is 34.9 Å². The lowest BCUT2D eigenvalue weighted by molar-refractivity contribution is -0.145. The Bertz CT molecular complexity index is 813. The van der Waals surface area contributed by atoms with E-state index in [1.807, 2.05) is 13.8 Å². The lowest BCUT2D eigenvalue weighted by atomic mass is 9.96. The minimum atomic E-state index is -0.856. The summed E-state index contributed by atoms with van der Waals surface area (Å²) in [6, 6.07) is 4.74. The van der Waals surface area contributed by atoms with Crippen molar-refractivity contribution in [2.24, 2.45) is 11.7 Å². The Kier molecular flexibility index (Phi) is 10.8. The van der Waals surface area contributed by atoms with E-state index in [0.717, 1.165) is 12.0 Å². The van der Waals surface area contributed by atoms with Crippen LogP contribution < -0.4 is 11.1 Å². The average molecular weight is 467 g/mol. The fourth-order valence-electron chi connectivity index (χ4n) is 3.36. The summed E-state index contributed by atoms with van der Waals surface area (Å²) in [6.45, 7) is 6.57. The number of hydrogen-bond acceptors (Lipinski definition) is 5. The predicted molar refractivity (Wildman–Crippen MR) is 125 cm³/mol. The molecule has 1 unspecified atom stereocenters. The molecule has 178 valence electrons. The first kappa shape index (κ1) is 27.6. The maximum absolute atomic E-state index is 13.2. The van der Waals surface area contributed by atoms with E-state index in [4.69, 9.17) is 17.3 Å². The zero-order valence-electron chi connectivity index (χ0n) is 19.7. The van der Waals surface area contributed by atoms with Gasteiger partial charge >= 0.3 is 0 Å². The molecule has 9 heteroatoms. The monoisotopic (exact) mass is 466 g/mol. The smallest absolute Gasteiger partial charge is 0.245 e. The quantitative estimate of drug-likeness (QED) is 0.514. The molecule has 0 fully saturated rings. The second-order valence-corrected chi connectivity index (χ2v) is 8.76. The molecular formula is C23H35ClN4O4. The van der Waals surface area contributed by atoms with Gasteiger partial charge in [0.05, 0.1) is 18.6 Å². The van der Waals surface area contributed by atoms with Gasteiger partial charge in [0.2, 0.25) is 17.7 Å². The Hall–Kier alpha value is -2.45. The molecule has 0 saturated carbocycles. The van der Waals surface area contributed by atoms with E-state index in [1.54, 1.807) is 31.2 Å². The molecule has 3 amide bonds. The van der Waals surface area contributed by atoms with Crippen molar-refractivity contribution in [2.75, 3.05) is 20.6 Å². The molecule has 3 N–H and O–H groups in total. The molecule has 0 aliphatic carbocycles. The van der Waals surface area contributed by atoms with Crippen molar-refractivity contribution >= 4 is 35.1 Å². The molecule has 0 aliphatic rings. The third kappa shape index (κ3) is 7.91. The summed E-state index contributed by atoms with van der Waals surface area (Å²) in [5, 5.41) is 3.28. The third-order valence-corrected chi connectivity index (χ3v) is 5.81. The molecular weight excluding hydrogens is 432 g/mol. The van der Waals surface area contributed by atoms with Crippen molar-refractivity contribution in [1.29, 1.82) is 0 Å². The summed E-state index contributed by atoms with van der Waals surface area (Å²) in [5.74, 6) is -1.39. The largest absolute Gasteiger partial charge is 0.344 e. The van der Waals surface area contributed by atoms with Gasteiger partial charge in [-0.1, -0.05) is 44.0 Å². The number of carbonyl (C=O) groups is 4. The van der Waals surface area contributed by atoms with E-state index in [-0.39, 0.29) is 30.6 Å². The van der Waals surface area contributed by atoms with Crippen LogP contribution in [0.5, 0.6) is 0 Å². The van der Waals surface area contributed by atoms with Gasteiger partial charge in [-0.25, -0.2) is 0 Å². The number of ketones is 1. The summed E-state index contributed by atoms with van der Waals surface area (Å²) >= 11 is 5.94. The van der Waals surface area contributed by atoms with Gasteiger partial charge in [0.25, 0.3) is 0 Å². The fraction of sp³-hybridized carbons (Fsp3) is 0.565. The first-order chi connectivity index (χ1) is 14.9. The first-order valence-electron chi connectivity index (χ1n) is 10.7. The van der Waals surface area contributed by atoms with E-state index in [2.05, 4.69) is 5.32 Å². The predicted octanol–water partition coefficient (Wildman–Crippen LogP) is 1.64. The molecule has 4 atom stereocenters. The number of hydrogen-bond donors (Lipinski definition) is 2. The van der Waals surface area contributed by atoms with Crippen LogP contribution >= 0.6 is 11.6 Å². The third-order valence-electron chi connectivity index (χ3n) is 5.56. The Balaban J connectivity index is 3.01. The van der Waals surface area contributed by atoms with Crippen LogP contribution in [0.15, 0.2) is 24.3 Å². The molecule has 0 heterocycles. The average Bonchev–Trinajstić information content (AvgIpc) is 2.74. The van der Waals surface area contributed by atoms with Crippen molar-refractivity contribution in [1.82, 2.24) is 15.1 Å². The highest BCUT2D eigenvalue weighted by molar-refractivity contribution is 6.30. The van der Waals surface area contributed by atoms with E-state index in [9.17, 15) is 19.2 Å². The Morgan fingerprint density at radius 1 is 1.06 bits per heavy atom. The first-order valence-corrected chi connectivity index (χ1v) is 11.1. The summed E-state index contributed by atoms with van der Waals surface area (Å²) in [4.78, 5) is 52.8. The number of amides is 3. The summed E-state index contributed by atoms with van der Waals surface area (Å²) in [5.41, 5.74) is 6.55. The number of nitrogens with two attached hydrogens (primary N) is 1. The number of benzene rings is 1. The summed E-state index contributed by atoms with van der Waals surface area (Å²) < 4.78 is 0. The van der Waals surface area contributed by atoms with Crippen molar-refractivity contribution in [2.45, 2.75) is 58.7 Å². The van der Waals surface area contributed by atoms with Crippen LogP contribution in [0.1, 0.15) is 39.7 Å². The second kappa shape index (κ2) is 12.6. The zero-order chi connectivity index (χ0) is 24.6. The lowest BCUT2D eigenvalue weighted by Gasteiger charge is -2.32. The summed E-state index contributed by atoms with van der Waals surface area (Å²) in [7, 11) is 3.01. The van der Waals surface area contributed by atoms with Crippen LogP contribution in [0.3, 0.4) is 0 Å². The molecule has 1 aromatic carbocycles. The molecule has 0 spiro atoms. The maximum Gasteiger partial charge on any atom is 0.245 e. The van der Waals surface area contributed by atoms with Gasteiger partial charge in [0.15, 0.2) is 5.78 Å². The number of nitrogens with one attached hydrogen (secondary N) is 1. The molecule has 8 nitrogen and oxygen atoms in total. The molecule has 32 heavy (non-hydrogen) atoms. The van der Waals surface area contributed by atoms with Crippen LogP contribution in [-0.2, 0) is 25.6 Å². The van der Waals surface area contributed by atoms with E-state index in [1.165, 1.54) is 30.8 Å². The summed E-state index contributed by atoms with van der Waals surface area (Å²) in [6.07, 6.45) is 0.965. The molecule has 0 aromatic heterocycles. The van der Waals surface area contributed by atoms with E-state index >= 15 is 0 Å². The van der Waals surface area contributed by atoms with Crippen LogP contribution in [-0.4, -0.2) is 72.1 Å². The SMILES string of the molecule is CC[C@H](C)C(NC(=O)CN(C)C(=O)[C@@H](Cc1ccc(Cl)cc1)N(C)C(=O)[C@H](C)N)C(C)=O. The molecule has 0 bridgehead atoms. The maximum atomic E-state index is 13.2. The molecule has 0 aliphatic heterocycles. The number of rotatable bonds is 11. The van der Waals surface area contributed by atoms with E-state index in [0.29, 0.717) is 5.02 Å². The van der Waals surface area contributed by atoms with Gasteiger partial charge in [0, 0.05) is 25.5 Å². The van der Waals surface area contributed by atoms with Gasteiger partial charge < -0.3 is 20.9 Å². The van der Waals surface area contributed by atoms with E-state index < -0.39 is 29.9 Å². The minimum Gasteiger partial charge on any atom is -0.344 e. The van der Waals surface area contributed by atoms with Gasteiger partial charge in [-0.3, -0.25) is 19.2 Å². The molecule has 1 rings (SSSR count). The van der Waals surface area contributed by atoms with Crippen LogP contribution in [0.4, 0.5) is 0 Å². The zero-order valence-corrected chi connectivity index (χ0v) is 20.5. The Labute approximate surface area is 195 Å². The number of likely N-dealkylation sites (N-methyl/N-ethyl adjacent to an activating group) is 2. The highest BCUT2D eigenvalue weighted by Gasteiger charge is 2.32. The number of nitrogens with zero attached hydrogens (tertiary/aromatic N) is 2. The lowest BCUT2D eigenvalue weighted by Crippen LogP contribution is -2.55. The number of Topliss-reactive ketones (excluding diaryl/α,β-unsaturated/α-hetero) is 1. The topological polar surface area (TPSA) is 113 Å². The Morgan fingerprint density at radius 2 is 1.62 bits per heavy atom. The van der Waals surface area contributed by atoms with Gasteiger partial charge in [-0.15, -0.1) is 0 Å². The van der Waals surface area contributed by atoms with Gasteiger partial charge in [-0.2, -0.15) is 0 Å². The van der Waals surface area contributed by atoms with Gasteiger partial charge in [-0.05, 0) is 37.5 Å². The molecule has 0 saturated heterocycles. The standard InChI is InChI=1S/C23H35ClN4O4/c1-7-14(2)21(16(4)29)26-20(30)13-27(5)23(32)19(28(6)22(31)15(3)25)12-17-8-10-18(24)11-9-17/h8-11,14-15,19,21H,7,12-13,25H2,1-6H3,(H,26,30)/t14-,15-,19+,21?/m0/s1. The van der Waals surface area contributed by atoms with Crippen LogP contribution in [0.2, 0.25) is 5.02 Å².